The molecule has 0 unspecified atom stereocenters. The summed E-state index contributed by atoms with van der Waals surface area (Å²) in [6.07, 6.45) is 8.37. The van der Waals surface area contributed by atoms with Crippen molar-refractivity contribution in [2.75, 3.05) is 13.2 Å². The lowest BCUT2D eigenvalue weighted by atomic mass is 10.0. The molecule has 2 heteroatoms. The van der Waals surface area contributed by atoms with Crippen molar-refractivity contribution in [1.29, 1.82) is 0 Å². The molecule has 0 fully saturated rings. The highest BCUT2D eigenvalue weighted by atomic mass is 16.5. The molecule has 0 bridgehead atoms. The molecule has 2 rings (SSSR count). The fraction of sp³-hybridized carbons (Fsp3) is 0.455. The van der Waals surface area contributed by atoms with Gasteiger partial charge < -0.3 is 10.5 Å². The molecule has 0 aromatic heterocycles. The second kappa shape index (κ2) is 10.9. The van der Waals surface area contributed by atoms with E-state index < -0.39 is 0 Å². The monoisotopic (exact) mass is 325 g/mol. The van der Waals surface area contributed by atoms with E-state index in [9.17, 15) is 0 Å². The molecule has 2 N–H and O–H groups in total. The normalized spacial score (nSPS) is 10.8. The van der Waals surface area contributed by atoms with Crippen LogP contribution in [0.5, 0.6) is 5.75 Å². The van der Waals surface area contributed by atoms with Gasteiger partial charge in [-0.15, -0.1) is 0 Å². The van der Waals surface area contributed by atoms with Gasteiger partial charge in [0.05, 0.1) is 6.61 Å². The zero-order valence-corrected chi connectivity index (χ0v) is 15.0. The maximum absolute atomic E-state index is 6.14. The van der Waals surface area contributed by atoms with Crippen LogP contribution in [0.2, 0.25) is 0 Å². The highest BCUT2D eigenvalue weighted by Crippen LogP contribution is 2.31. The van der Waals surface area contributed by atoms with Crippen molar-refractivity contribution in [3.63, 3.8) is 0 Å². The fourth-order valence-electron chi connectivity index (χ4n) is 2.90. The van der Waals surface area contributed by atoms with E-state index in [1.165, 1.54) is 42.4 Å². The van der Waals surface area contributed by atoms with Gasteiger partial charge in [-0.3, -0.25) is 0 Å². The zero-order valence-electron chi connectivity index (χ0n) is 15.0. The molecule has 2 aromatic rings. The Morgan fingerprint density at radius 3 is 2.25 bits per heavy atom. The van der Waals surface area contributed by atoms with Gasteiger partial charge in [-0.05, 0) is 43.0 Å². The minimum absolute atomic E-state index is 0.796. The van der Waals surface area contributed by atoms with Crippen molar-refractivity contribution >= 4 is 0 Å². The van der Waals surface area contributed by atoms with Crippen molar-refractivity contribution in [3.05, 3.63) is 54.1 Å². The van der Waals surface area contributed by atoms with Crippen molar-refractivity contribution in [2.45, 2.75) is 51.9 Å². The van der Waals surface area contributed by atoms with Crippen LogP contribution >= 0.6 is 0 Å². The fourth-order valence-corrected chi connectivity index (χ4v) is 2.90. The number of rotatable bonds is 11. The molecule has 0 aliphatic carbocycles. The summed E-state index contributed by atoms with van der Waals surface area (Å²) in [6, 6.07) is 17.1. The summed E-state index contributed by atoms with van der Waals surface area (Å²) < 4.78 is 6.14. The van der Waals surface area contributed by atoms with Gasteiger partial charge in [-0.1, -0.05) is 75.1 Å². The van der Waals surface area contributed by atoms with Gasteiger partial charge in [0.25, 0.3) is 0 Å². The number of aryl methyl sites for hydroxylation is 1. The smallest absolute Gasteiger partial charge is 0.127 e. The lowest BCUT2D eigenvalue weighted by Gasteiger charge is -2.13. The Morgan fingerprint density at radius 1 is 0.833 bits per heavy atom. The molecule has 2 nitrogen and oxygen atoms in total. The maximum Gasteiger partial charge on any atom is 0.127 e. The zero-order chi connectivity index (χ0) is 17.0. The number of unbranched alkanes of at least 4 members (excludes halogenated alkanes) is 5. The predicted molar refractivity (Wildman–Crippen MR) is 104 cm³/mol. The Balaban J connectivity index is 1.89. The van der Waals surface area contributed by atoms with Crippen molar-refractivity contribution in [1.82, 2.24) is 0 Å². The second-order valence-corrected chi connectivity index (χ2v) is 6.31. The van der Waals surface area contributed by atoms with Crippen molar-refractivity contribution in [3.8, 4) is 16.9 Å². The Hall–Kier alpha value is -1.80. The molecule has 2 aromatic carbocycles. The average molecular weight is 325 g/mol. The first-order chi connectivity index (χ1) is 11.8. The third kappa shape index (κ3) is 6.01. The van der Waals surface area contributed by atoms with E-state index in [-0.39, 0.29) is 0 Å². The quantitative estimate of drug-likeness (QED) is 0.546. The minimum Gasteiger partial charge on any atom is -0.493 e. The van der Waals surface area contributed by atoms with Crippen LogP contribution in [-0.4, -0.2) is 13.2 Å². The van der Waals surface area contributed by atoms with Crippen LogP contribution in [0.1, 0.15) is 51.0 Å². The van der Waals surface area contributed by atoms with E-state index in [1.54, 1.807) is 0 Å². The van der Waals surface area contributed by atoms with Gasteiger partial charge >= 0.3 is 0 Å². The van der Waals surface area contributed by atoms with Crippen LogP contribution in [0.25, 0.3) is 11.1 Å². The van der Waals surface area contributed by atoms with Crippen LogP contribution in [0.15, 0.2) is 48.5 Å². The first-order valence-electron chi connectivity index (χ1n) is 9.36. The number of nitrogens with two attached hydrogens (primary N) is 1. The summed E-state index contributed by atoms with van der Waals surface area (Å²) in [6.45, 7) is 3.80. The molecular formula is C22H31NO. The predicted octanol–water partition coefficient (Wildman–Crippen LogP) is 5.59. The molecule has 0 amide bonds. The molecule has 130 valence electrons. The third-order valence-electron chi connectivity index (χ3n) is 4.40. The van der Waals surface area contributed by atoms with Crippen molar-refractivity contribution in [2.24, 2.45) is 5.73 Å². The average Bonchev–Trinajstić information content (AvgIpc) is 2.64. The summed E-state index contributed by atoms with van der Waals surface area (Å²) in [5, 5.41) is 0. The maximum atomic E-state index is 6.14. The highest BCUT2D eigenvalue weighted by molar-refractivity contribution is 5.70. The Labute approximate surface area is 147 Å². The lowest BCUT2D eigenvalue weighted by molar-refractivity contribution is 0.305. The second-order valence-electron chi connectivity index (χ2n) is 6.31. The molecule has 0 heterocycles. The summed E-state index contributed by atoms with van der Waals surface area (Å²) in [5.74, 6) is 1.02. The molecule has 0 aliphatic rings. The standard InChI is InChI=1S/C22H31NO/c1-2-19-14-15-21(20-12-8-7-9-13-20)22(18-19)24-17-11-6-4-3-5-10-16-23/h7-9,12-15,18H,2-6,10-11,16-17,23H2,1H3. The number of benzene rings is 2. The minimum atomic E-state index is 0.796. The van der Waals surface area contributed by atoms with Gasteiger partial charge in [-0.25, -0.2) is 0 Å². The molecular weight excluding hydrogens is 294 g/mol. The van der Waals surface area contributed by atoms with Gasteiger partial charge in [-0.2, -0.15) is 0 Å². The first kappa shape index (κ1) is 18.5. The summed E-state index contributed by atoms with van der Waals surface area (Å²) >= 11 is 0. The van der Waals surface area contributed by atoms with Gasteiger partial charge in [0.15, 0.2) is 0 Å². The summed E-state index contributed by atoms with van der Waals surface area (Å²) in [5.41, 5.74) is 9.26. The molecule has 0 aliphatic heterocycles. The molecule has 0 saturated carbocycles. The third-order valence-corrected chi connectivity index (χ3v) is 4.40. The van der Waals surface area contributed by atoms with Gasteiger partial charge in [0.1, 0.15) is 5.75 Å². The van der Waals surface area contributed by atoms with Crippen LogP contribution in [0.3, 0.4) is 0 Å². The van der Waals surface area contributed by atoms with Gasteiger partial charge in [0.2, 0.25) is 0 Å². The summed E-state index contributed by atoms with van der Waals surface area (Å²) in [7, 11) is 0. The van der Waals surface area contributed by atoms with Crippen LogP contribution in [0.4, 0.5) is 0 Å². The summed E-state index contributed by atoms with van der Waals surface area (Å²) in [4.78, 5) is 0. The lowest BCUT2D eigenvalue weighted by Crippen LogP contribution is -2.00. The van der Waals surface area contributed by atoms with Crippen LogP contribution < -0.4 is 10.5 Å². The van der Waals surface area contributed by atoms with Crippen LogP contribution in [0, 0.1) is 0 Å². The molecule has 24 heavy (non-hydrogen) atoms. The van der Waals surface area contributed by atoms with E-state index in [2.05, 4.69) is 55.5 Å². The Kier molecular flexibility index (Phi) is 8.40. The molecule has 0 atom stereocenters. The van der Waals surface area contributed by atoms with E-state index in [0.717, 1.165) is 38.2 Å². The number of hydrogen-bond donors (Lipinski definition) is 1. The number of ether oxygens (including phenoxy) is 1. The molecule has 0 spiro atoms. The number of hydrogen-bond acceptors (Lipinski definition) is 2. The molecule has 0 radical (unpaired) electrons. The van der Waals surface area contributed by atoms with Crippen molar-refractivity contribution < 1.29 is 4.74 Å². The van der Waals surface area contributed by atoms with E-state index in [4.69, 9.17) is 10.5 Å². The van der Waals surface area contributed by atoms with E-state index in [1.807, 2.05) is 0 Å². The topological polar surface area (TPSA) is 35.2 Å². The molecule has 0 saturated heterocycles. The van der Waals surface area contributed by atoms with Gasteiger partial charge in [0, 0.05) is 5.56 Å². The Morgan fingerprint density at radius 2 is 1.54 bits per heavy atom. The van der Waals surface area contributed by atoms with Crippen LogP contribution in [-0.2, 0) is 6.42 Å². The van der Waals surface area contributed by atoms with E-state index >= 15 is 0 Å². The SMILES string of the molecule is CCc1ccc(-c2ccccc2)c(OCCCCCCCCN)c1. The first-order valence-corrected chi connectivity index (χ1v) is 9.36. The highest BCUT2D eigenvalue weighted by Gasteiger charge is 2.07. The Bertz CT molecular complexity index is 580. The van der Waals surface area contributed by atoms with E-state index in [0.29, 0.717) is 0 Å². The largest absolute Gasteiger partial charge is 0.493 e.